The lowest BCUT2D eigenvalue weighted by molar-refractivity contribution is 0.112. The molecule has 0 spiro atoms. The molecule has 0 aliphatic heterocycles. The van der Waals surface area contributed by atoms with Crippen molar-refractivity contribution in [1.82, 2.24) is 5.32 Å². The first kappa shape index (κ1) is 47.6. The summed E-state index contributed by atoms with van der Waals surface area (Å²) in [6.45, 7) is 16.7. The normalized spacial score (nSPS) is 9.26. The third-order valence-corrected chi connectivity index (χ3v) is 7.63. The van der Waals surface area contributed by atoms with Crippen molar-refractivity contribution in [3.8, 4) is 12.1 Å². The highest BCUT2D eigenvalue weighted by atomic mass is 19.1. The average molecular weight is 721 g/mol. The van der Waals surface area contributed by atoms with E-state index in [9.17, 15) is 9.18 Å². The molecular weight excluding hydrogens is 660 g/mol. The number of aldehydes is 1. The molecule has 4 aromatic rings. The zero-order valence-electron chi connectivity index (χ0n) is 33.3. The Morgan fingerprint density at radius 1 is 0.604 bits per heavy atom. The van der Waals surface area contributed by atoms with E-state index in [0.29, 0.717) is 11.1 Å². The number of benzene rings is 4. The van der Waals surface area contributed by atoms with E-state index in [-0.39, 0.29) is 5.82 Å². The highest BCUT2D eigenvalue weighted by Gasteiger charge is 2.00. The van der Waals surface area contributed by atoms with Gasteiger partial charge in [0.1, 0.15) is 12.1 Å². The molecule has 0 saturated carbocycles. The first-order valence-electron chi connectivity index (χ1n) is 18.3. The van der Waals surface area contributed by atoms with Gasteiger partial charge >= 0.3 is 0 Å². The maximum Gasteiger partial charge on any atom is 0.150 e. The number of nitriles is 2. The summed E-state index contributed by atoms with van der Waals surface area (Å²) < 4.78 is 12.1. The lowest BCUT2D eigenvalue weighted by atomic mass is 10.2. The number of rotatable bonds is 13. The predicted octanol–water partition coefficient (Wildman–Crippen LogP) is 10.2. The summed E-state index contributed by atoms with van der Waals surface area (Å²) in [4.78, 5) is 17.0. The first-order valence-corrected chi connectivity index (χ1v) is 18.3. The number of hydrogen-bond donors (Lipinski definition) is 1. The number of nitrogens with zero attached hydrogens (tertiary/aromatic N) is 5. The highest BCUT2D eigenvalue weighted by Crippen LogP contribution is 2.15. The maximum absolute atomic E-state index is 12.1. The summed E-state index contributed by atoms with van der Waals surface area (Å²) in [5, 5.41) is 19.9. The van der Waals surface area contributed by atoms with Gasteiger partial charge in [0.15, 0.2) is 0 Å². The van der Waals surface area contributed by atoms with Crippen LogP contribution in [0.4, 0.5) is 21.5 Å². The molecule has 8 heteroatoms. The van der Waals surface area contributed by atoms with Crippen LogP contribution in [0.15, 0.2) is 104 Å². The van der Waals surface area contributed by atoms with E-state index < -0.39 is 0 Å². The second-order valence-corrected chi connectivity index (χ2v) is 12.2. The van der Waals surface area contributed by atoms with Crippen molar-refractivity contribution in [2.24, 2.45) is 0 Å². The van der Waals surface area contributed by atoms with Crippen LogP contribution in [0, 0.1) is 28.5 Å². The molecule has 0 heterocycles. The van der Waals surface area contributed by atoms with E-state index in [2.05, 4.69) is 106 Å². The maximum atomic E-state index is 12.1. The zero-order valence-corrected chi connectivity index (χ0v) is 33.3. The van der Waals surface area contributed by atoms with Crippen molar-refractivity contribution >= 4 is 29.4 Å². The Kier molecular flexibility index (Phi) is 27.1. The van der Waals surface area contributed by atoms with Gasteiger partial charge in [-0.05, 0) is 130 Å². The van der Waals surface area contributed by atoms with Crippen molar-refractivity contribution in [3.63, 3.8) is 0 Å². The Labute approximate surface area is 320 Å². The molecule has 4 aromatic carbocycles. The lowest BCUT2D eigenvalue weighted by Gasteiger charge is -2.18. The monoisotopic (exact) mass is 720 g/mol. The number of hydrogen-bond acceptors (Lipinski definition) is 7. The third-order valence-electron chi connectivity index (χ3n) is 7.63. The van der Waals surface area contributed by atoms with Crippen molar-refractivity contribution in [2.45, 2.75) is 53.4 Å². The molecule has 0 saturated heterocycles. The van der Waals surface area contributed by atoms with Crippen LogP contribution < -0.4 is 20.0 Å². The molecule has 0 atom stereocenters. The fraction of sp³-hybridized carbons (Fsp3) is 0.356. The van der Waals surface area contributed by atoms with Gasteiger partial charge in [0.25, 0.3) is 0 Å². The molecule has 0 unspecified atom stereocenters. The molecule has 284 valence electrons. The Balaban J connectivity index is 0.000000657. The molecule has 0 bridgehead atoms. The van der Waals surface area contributed by atoms with Crippen molar-refractivity contribution in [2.75, 3.05) is 69.1 Å². The van der Waals surface area contributed by atoms with Crippen molar-refractivity contribution in [3.05, 3.63) is 132 Å². The van der Waals surface area contributed by atoms with Gasteiger partial charge in [-0.3, -0.25) is 4.79 Å². The van der Waals surface area contributed by atoms with Crippen molar-refractivity contribution < 1.29 is 9.18 Å². The summed E-state index contributed by atoms with van der Waals surface area (Å²) in [5.41, 5.74) is 6.70. The summed E-state index contributed by atoms with van der Waals surface area (Å²) in [7, 11) is 8.19. The SMILES string of the molecule is C=Cc1ccc(N(C)CCC)cc1.CCCN(C)c1ccc(C#N)cc1.CCCN(C)c1ccc(C=O)cc1.CCCNC.N#Cc1ccc(F)cc1. The van der Waals surface area contributed by atoms with Gasteiger partial charge in [-0.2, -0.15) is 10.5 Å². The van der Waals surface area contributed by atoms with Gasteiger partial charge in [0.2, 0.25) is 0 Å². The van der Waals surface area contributed by atoms with Crippen LogP contribution in [0.1, 0.15) is 80.4 Å². The smallest absolute Gasteiger partial charge is 0.150 e. The van der Waals surface area contributed by atoms with E-state index in [1.807, 2.05) is 67.7 Å². The summed E-state index contributed by atoms with van der Waals surface area (Å²) in [5.74, 6) is -0.311. The number of halogens is 1. The minimum Gasteiger partial charge on any atom is -0.375 e. The average Bonchev–Trinajstić information content (AvgIpc) is 3.20. The molecular formula is C45H61FN6O. The van der Waals surface area contributed by atoms with Gasteiger partial charge in [-0.15, -0.1) is 0 Å². The summed E-state index contributed by atoms with van der Waals surface area (Å²) in [6, 6.07) is 33.1. The third kappa shape index (κ3) is 21.5. The van der Waals surface area contributed by atoms with Gasteiger partial charge in [-0.1, -0.05) is 52.5 Å². The number of nitrogens with one attached hydrogen (secondary N) is 1. The van der Waals surface area contributed by atoms with E-state index in [1.165, 1.54) is 54.0 Å². The number of anilines is 3. The quantitative estimate of drug-likeness (QED) is 0.138. The Morgan fingerprint density at radius 3 is 1.21 bits per heavy atom. The molecule has 7 nitrogen and oxygen atoms in total. The molecule has 0 aliphatic carbocycles. The number of carbonyl (C=O) groups excluding carboxylic acids is 1. The second kappa shape index (κ2) is 30.2. The molecule has 0 fully saturated rings. The minimum absolute atomic E-state index is 0.311. The lowest BCUT2D eigenvalue weighted by Crippen LogP contribution is -2.17. The molecule has 1 N–H and O–H groups in total. The molecule has 0 radical (unpaired) electrons. The van der Waals surface area contributed by atoms with Gasteiger partial charge in [-0.25, -0.2) is 4.39 Å². The first-order chi connectivity index (χ1) is 25.6. The van der Waals surface area contributed by atoms with Crippen LogP contribution in [0.5, 0.6) is 0 Å². The van der Waals surface area contributed by atoms with Crippen LogP contribution in [0.2, 0.25) is 0 Å². The van der Waals surface area contributed by atoms with Gasteiger partial charge in [0, 0.05) is 63.4 Å². The van der Waals surface area contributed by atoms with Gasteiger partial charge < -0.3 is 20.0 Å². The Hall–Kier alpha value is -5.44. The van der Waals surface area contributed by atoms with Crippen LogP contribution >= 0.6 is 0 Å². The summed E-state index contributed by atoms with van der Waals surface area (Å²) >= 11 is 0. The van der Waals surface area contributed by atoms with Crippen LogP contribution in [-0.2, 0) is 0 Å². The standard InChI is InChI=1S/C12H17N.C11H14N2.C11H15NO.C7H4FN.C4H11N/c1-4-10-13(3)12-8-6-11(5-2)7-9-12;1-3-8-13(2)11-6-4-10(9-12)5-7-11;1-3-8-12(2)11-6-4-10(9-13)5-7-11;8-7-3-1-6(5-9)2-4-7;1-3-4-5-2/h5-9H,2,4,10H2,1,3H3;4-7H,3,8H2,1-2H3;4-7,9H,3,8H2,1-2H3;1-4H;5H,3-4H2,1-2H3. The highest BCUT2D eigenvalue weighted by molar-refractivity contribution is 5.75. The minimum atomic E-state index is -0.311. The molecule has 0 aliphatic rings. The van der Waals surface area contributed by atoms with E-state index in [0.717, 1.165) is 56.6 Å². The van der Waals surface area contributed by atoms with E-state index >= 15 is 0 Å². The fourth-order valence-electron chi connectivity index (χ4n) is 4.63. The van der Waals surface area contributed by atoms with Crippen molar-refractivity contribution in [1.29, 1.82) is 10.5 Å². The molecule has 0 amide bonds. The van der Waals surface area contributed by atoms with Crippen LogP contribution in [0.3, 0.4) is 0 Å². The zero-order chi connectivity index (χ0) is 39.9. The Morgan fingerprint density at radius 2 is 0.943 bits per heavy atom. The predicted molar refractivity (Wildman–Crippen MR) is 226 cm³/mol. The largest absolute Gasteiger partial charge is 0.375 e. The fourth-order valence-corrected chi connectivity index (χ4v) is 4.63. The molecule has 53 heavy (non-hydrogen) atoms. The topological polar surface area (TPSA) is 86.4 Å². The second-order valence-electron chi connectivity index (χ2n) is 12.2. The van der Waals surface area contributed by atoms with Gasteiger partial charge in [0.05, 0.1) is 23.3 Å². The van der Waals surface area contributed by atoms with Crippen LogP contribution in [0.25, 0.3) is 6.08 Å². The molecule has 0 aromatic heterocycles. The number of carbonyl (C=O) groups is 1. The van der Waals surface area contributed by atoms with E-state index in [4.69, 9.17) is 10.5 Å². The summed E-state index contributed by atoms with van der Waals surface area (Å²) in [6.07, 6.45) is 7.41. The van der Waals surface area contributed by atoms with E-state index in [1.54, 1.807) is 0 Å². The van der Waals surface area contributed by atoms with Crippen LogP contribution in [-0.4, -0.2) is 60.7 Å². The Bertz CT molecular complexity index is 1530. The molecule has 4 rings (SSSR count).